The van der Waals surface area contributed by atoms with E-state index in [1.54, 1.807) is 17.5 Å². The van der Waals surface area contributed by atoms with Crippen molar-refractivity contribution in [3.05, 3.63) is 44.8 Å². The molecule has 20 heavy (non-hydrogen) atoms. The molecule has 5 heteroatoms. The van der Waals surface area contributed by atoms with Crippen LogP contribution in [0.25, 0.3) is 0 Å². The minimum Gasteiger partial charge on any atom is -0.492 e. The Kier molecular flexibility index (Phi) is 6.01. The number of aromatic nitrogens is 1. The Morgan fingerprint density at radius 1 is 1.35 bits per heavy atom. The number of rotatable bonds is 7. The number of ether oxygens (including phenoxy) is 1. The Labute approximate surface area is 132 Å². The number of nitrogens with zero attached hydrogens (tertiary/aromatic N) is 1. The highest BCUT2D eigenvalue weighted by atomic mass is 79.9. The maximum Gasteiger partial charge on any atom is 0.137 e. The lowest BCUT2D eigenvalue weighted by Gasteiger charge is -2.18. The van der Waals surface area contributed by atoms with E-state index in [0.717, 1.165) is 28.8 Å². The predicted molar refractivity (Wildman–Crippen MR) is 87.6 cm³/mol. The fourth-order valence-corrected chi connectivity index (χ4v) is 3.54. The van der Waals surface area contributed by atoms with Gasteiger partial charge in [0.05, 0.1) is 18.8 Å². The summed E-state index contributed by atoms with van der Waals surface area (Å²) in [6, 6.07) is 4.39. The Balaban J connectivity index is 2.28. The van der Waals surface area contributed by atoms with E-state index in [1.165, 1.54) is 4.88 Å². The Morgan fingerprint density at radius 2 is 2.20 bits per heavy atom. The van der Waals surface area contributed by atoms with Gasteiger partial charge < -0.3 is 10.1 Å². The Bertz CT molecular complexity index is 544. The van der Waals surface area contributed by atoms with Gasteiger partial charge >= 0.3 is 0 Å². The first-order valence-corrected chi connectivity index (χ1v) is 8.47. The summed E-state index contributed by atoms with van der Waals surface area (Å²) in [5.41, 5.74) is 1.14. The molecule has 3 nitrogen and oxygen atoms in total. The lowest BCUT2D eigenvalue weighted by Crippen LogP contribution is -2.22. The molecule has 1 N–H and O–H groups in total. The molecule has 1 atom stereocenters. The van der Waals surface area contributed by atoms with Crippen LogP contribution in [0, 0.1) is 0 Å². The third-order valence-corrected chi connectivity index (χ3v) is 4.61. The van der Waals surface area contributed by atoms with Crippen LogP contribution in [0.3, 0.4) is 0 Å². The number of pyridine rings is 1. The molecular weight excluding hydrogens is 336 g/mol. The molecule has 108 valence electrons. The standard InChI is InChI=1S/C15H19BrN2OS/c1-3-5-18-15(14-7-12(16)10-20-14)11-6-13(19-4-2)9-17-8-11/h6-10,15,18H,3-5H2,1-2H3. The lowest BCUT2D eigenvalue weighted by atomic mass is 10.1. The van der Waals surface area contributed by atoms with Crippen LogP contribution in [-0.4, -0.2) is 18.1 Å². The fraction of sp³-hybridized carbons (Fsp3) is 0.400. The van der Waals surface area contributed by atoms with Gasteiger partial charge in [0.1, 0.15) is 5.75 Å². The summed E-state index contributed by atoms with van der Waals surface area (Å²) in [6.45, 7) is 5.78. The monoisotopic (exact) mass is 354 g/mol. The topological polar surface area (TPSA) is 34.2 Å². The van der Waals surface area contributed by atoms with Crippen molar-refractivity contribution in [2.45, 2.75) is 26.3 Å². The normalized spacial score (nSPS) is 12.3. The predicted octanol–water partition coefficient (Wildman–Crippen LogP) is 4.39. The summed E-state index contributed by atoms with van der Waals surface area (Å²) in [7, 11) is 0. The van der Waals surface area contributed by atoms with Gasteiger partial charge in [-0.2, -0.15) is 0 Å². The quantitative estimate of drug-likeness (QED) is 0.800. The van der Waals surface area contributed by atoms with Gasteiger partial charge in [-0.25, -0.2) is 0 Å². The van der Waals surface area contributed by atoms with E-state index in [1.807, 2.05) is 13.1 Å². The van der Waals surface area contributed by atoms with Crippen molar-refractivity contribution >= 4 is 27.3 Å². The van der Waals surface area contributed by atoms with Gasteiger partial charge in [-0.1, -0.05) is 6.92 Å². The second-order valence-electron chi connectivity index (χ2n) is 4.44. The summed E-state index contributed by atoms with van der Waals surface area (Å²) >= 11 is 5.27. The highest BCUT2D eigenvalue weighted by molar-refractivity contribution is 9.10. The van der Waals surface area contributed by atoms with E-state index in [2.05, 4.69) is 50.7 Å². The van der Waals surface area contributed by atoms with Crippen molar-refractivity contribution in [2.75, 3.05) is 13.2 Å². The highest BCUT2D eigenvalue weighted by Gasteiger charge is 2.16. The molecule has 1 unspecified atom stereocenters. The molecule has 2 aromatic heterocycles. The van der Waals surface area contributed by atoms with Crippen molar-refractivity contribution in [1.82, 2.24) is 10.3 Å². The van der Waals surface area contributed by atoms with Crippen molar-refractivity contribution in [3.63, 3.8) is 0 Å². The minimum absolute atomic E-state index is 0.166. The van der Waals surface area contributed by atoms with Gasteiger partial charge in [-0.05, 0) is 53.5 Å². The SMILES string of the molecule is CCCNC(c1cncc(OCC)c1)c1cc(Br)cs1. The minimum atomic E-state index is 0.166. The molecule has 0 aliphatic carbocycles. The Hall–Kier alpha value is -0.910. The van der Waals surface area contributed by atoms with E-state index in [-0.39, 0.29) is 6.04 Å². The first-order valence-electron chi connectivity index (χ1n) is 6.79. The zero-order chi connectivity index (χ0) is 14.4. The summed E-state index contributed by atoms with van der Waals surface area (Å²) in [4.78, 5) is 5.57. The molecule has 0 bridgehead atoms. The lowest BCUT2D eigenvalue weighted by molar-refractivity contribution is 0.338. The van der Waals surface area contributed by atoms with Crippen LogP contribution in [0.1, 0.15) is 36.8 Å². The molecule has 0 fully saturated rings. The molecule has 0 aliphatic heterocycles. The molecule has 0 amide bonds. The van der Waals surface area contributed by atoms with Crippen LogP contribution in [-0.2, 0) is 0 Å². The average molecular weight is 355 g/mol. The van der Waals surface area contributed by atoms with Crippen LogP contribution in [0.2, 0.25) is 0 Å². The molecule has 2 rings (SSSR count). The second-order valence-corrected chi connectivity index (χ2v) is 6.30. The molecule has 0 saturated heterocycles. The molecule has 0 radical (unpaired) electrons. The van der Waals surface area contributed by atoms with Gasteiger partial charge in [0.2, 0.25) is 0 Å². The van der Waals surface area contributed by atoms with Gasteiger partial charge in [0.15, 0.2) is 0 Å². The van der Waals surface area contributed by atoms with Crippen LogP contribution in [0.15, 0.2) is 34.4 Å². The summed E-state index contributed by atoms with van der Waals surface area (Å²) in [5, 5.41) is 5.69. The fourth-order valence-electron chi connectivity index (χ4n) is 1.99. The van der Waals surface area contributed by atoms with Crippen LogP contribution in [0.5, 0.6) is 5.75 Å². The average Bonchev–Trinajstić information content (AvgIpc) is 2.87. The third kappa shape index (κ3) is 4.04. The molecular formula is C15H19BrN2OS. The molecule has 2 aromatic rings. The summed E-state index contributed by atoms with van der Waals surface area (Å²) in [5.74, 6) is 0.823. The number of hydrogen-bond acceptors (Lipinski definition) is 4. The maximum atomic E-state index is 5.55. The number of hydrogen-bond donors (Lipinski definition) is 1. The summed E-state index contributed by atoms with van der Waals surface area (Å²) in [6.07, 6.45) is 4.76. The van der Waals surface area contributed by atoms with Gasteiger partial charge in [-0.15, -0.1) is 11.3 Å². The highest BCUT2D eigenvalue weighted by Crippen LogP contribution is 2.31. The van der Waals surface area contributed by atoms with Crippen LogP contribution < -0.4 is 10.1 Å². The first kappa shape index (κ1) is 15.5. The molecule has 0 saturated carbocycles. The van der Waals surface area contributed by atoms with Gasteiger partial charge in [0, 0.05) is 20.9 Å². The first-order chi connectivity index (χ1) is 9.74. The van der Waals surface area contributed by atoms with Gasteiger partial charge in [0.25, 0.3) is 0 Å². The zero-order valence-corrected chi connectivity index (χ0v) is 14.1. The second kappa shape index (κ2) is 7.76. The van der Waals surface area contributed by atoms with Crippen molar-refractivity contribution in [1.29, 1.82) is 0 Å². The van der Waals surface area contributed by atoms with Crippen molar-refractivity contribution in [2.24, 2.45) is 0 Å². The van der Waals surface area contributed by atoms with E-state index < -0.39 is 0 Å². The van der Waals surface area contributed by atoms with E-state index in [9.17, 15) is 0 Å². The molecule has 0 aromatic carbocycles. The number of thiophene rings is 1. The van der Waals surface area contributed by atoms with Gasteiger partial charge in [-0.3, -0.25) is 4.98 Å². The molecule has 0 aliphatic rings. The van der Waals surface area contributed by atoms with Crippen LogP contribution >= 0.6 is 27.3 Å². The van der Waals surface area contributed by atoms with E-state index in [0.29, 0.717) is 6.61 Å². The van der Waals surface area contributed by atoms with Crippen molar-refractivity contribution in [3.8, 4) is 5.75 Å². The number of nitrogens with one attached hydrogen (secondary N) is 1. The summed E-state index contributed by atoms with van der Waals surface area (Å²) < 4.78 is 6.67. The molecule has 0 spiro atoms. The Morgan fingerprint density at radius 3 is 2.85 bits per heavy atom. The largest absolute Gasteiger partial charge is 0.492 e. The van der Waals surface area contributed by atoms with E-state index in [4.69, 9.17) is 4.74 Å². The van der Waals surface area contributed by atoms with E-state index >= 15 is 0 Å². The van der Waals surface area contributed by atoms with Crippen molar-refractivity contribution < 1.29 is 4.74 Å². The molecule has 2 heterocycles. The third-order valence-electron chi connectivity index (χ3n) is 2.85. The maximum absolute atomic E-state index is 5.55. The van der Waals surface area contributed by atoms with Crippen LogP contribution in [0.4, 0.5) is 0 Å². The zero-order valence-electron chi connectivity index (χ0n) is 11.7. The smallest absolute Gasteiger partial charge is 0.137 e. The number of halogens is 1.